The Bertz CT molecular complexity index is 1400. The zero-order chi connectivity index (χ0) is 25.9. The normalized spacial score (nSPS) is 16.1. The first kappa shape index (κ1) is 25.1. The number of hydrogen-bond donors (Lipinski definition) is 3. The zero-order valence-corrected chi connectivity index (χ0v) is 21.3. The van der Waals surface area contributed by atoms with Gasteiger partial charge in [0.15, 0.2) is 5.65 Å². The molecule has 0 saturated carbocycles. The summed E-state index contributed by atoms with van der Waals surface area (Å²) in [6.07, 6.45) is -0.903. The fourth-order valence-electron chi connectivity index (χ4n) is 5.17. The Hall–Kier alpha value is -3.53. The molecule has 0 amide bonds. The number of hydrogen-bond acceptors (Lipinski definition) is 6. The molecule has 9 nitrogen and oxygen atoms in total. The number of piperazine rings is 1. The van der Waals surface area contributed by atoms with Gasteiger partial charge in [-0.3, -0.25) is 24.1 Å². The molecule has 1 fully saturated rings. The predicted octanol–water partition coefficient (Wildman–Crippen LogP) is 2.51. The van der Waals surface area contributed by atoms with Crippen molar-refractivity contribution >= 4 is 11.2 Å². The fraction of sp³-hybridized carbons (Fsp3) is 0.393. The second-order valence-corrected chi connectivity index (χ2v) is 10.2. The fourth-order valence-corrected chi connectivity index (χ4v) is 5.17. The predicted molar refractivity (Wildman–Crippen MR) is 144 cm³/mol. The van der Waals surface area contributed by atoms with Crippen LogP contribution in [0.25, 0.3) is 11.2 Å². The van der Waals surface area contributed by atoms with Crippen LogP contribution >= 0.6 is 0 Å². The number of rotatable bonds is 8. The minimum Gasteiger partial charge on any atom is -0.384 e. The van der Waals surface area contributed by atoms with Crippen molar-refractivity contribution in [3.63, 3.8) is 0 Å². The lowest BCUT2D eigenvalue weighted by molar-refractivity contribution is 0.0593. The van der Waals surface area contributed by atoms with E-state index in [0.717, 1.165) is 26.2 Å². The average molecular weight is 503 g/mol. The molecule has 1 aliphatic rings. The maximum absolute atomic E-state index is 12.4. The topological polar surface area (TPSA) is 110 Å². The van der Waals surface area contributed by atoms with Crippen molar-refractivity contribution in [2.75, 3.05) is 32.7 Å². The minimum atomic E-state index is -0.903. The molecule has 0 spiro atoms. The highest BCUT2D eigenvalue weighted by molar-refractivity contribution is 5.69. The smallest absolute Gasteiger partial charge is 0.330 e. The number of H-pyrrole nitrogens is 2. The van der Waals surface area contributed by atoms with Crippen molar-refractivity contribution < 1.29 is 5.11 Å². The van der Waals surface area contributed by atoms with Crippen LogP contribution in [0.15, 0.2) is 70.3 Å². The van der Waals surface area contributed by atoms with Gasteiger partial charge < -0.3 is 10.1 Å². The van der Waals surface area contributed by atoms with E-state index in [2.05, 4.69) is 73.3 Å². The Morgan fingerprint density at radius 2 is 1.46 bits per heavy atom. The molecule has 3 N–H and O–H groups in total. The highest BCUT2D eigenvalue weighted by atomic mass is 16.3. The molecule has 9 heteroatoms. The Morgan fingerprint density at radius 3 is 2.03 bits per heavy atom. The van der Waals surface area contributed by atoms with Gasteiger partial charge in [-0.1, -0.05) is 74.5 Å². The summed E-state index contributed by atoms with van der Waals surface area (Å²) in [4.78, 5) is 39.2. The third-order valence-electron chi connectivity index (χ3n) is 6.95. The van der Waals surface area contributed by atoms with E-state index in [9.17, 15) is 14.7 Å². The molecule has 0 aliphatic carbocycles. The van der Waals surface area contributed by atoms with Crippen molar-refractivity contribution in [1.29, 1.82) is 0 Å². The lowest BCUT2D eigenvalue weighted by atomic mass is 9.96. The summed E-state index contributed by atoms with van der Waals surface area (Å²) >= 11 is 0. The number of aromatic amines is 2. The van der Waals surface area contributed by atoms with Crippen LogP contribution in [0.1, 0.15) is 42.9 Å². The summed E-state index contributed by atoms with van der Waals surface area (Å²) in [7, 11) is 0. The molecule has 37 heavy (non-hydrogen) atoms. The standard InChI is InChI=1S/C28H34N6O3/c1-19(2)17-34-26-23(27(36)31-28(34)37)29-25(30-26)22(35)18-32-13-15-33(16-14-32)24(20-9-5-3-6-10-20)21-11-7-4-8-12-21/h3-12,19,22,24,35H,13-18H2,1-2H3,(H,29,30)(H,31,36,37). The van der Waals surface area contributed by atoms with Crippen LogP contribution in [-0.4, -0.2) is 67.1 Å². The van der Waals surface area contributed by atoms with Gasteiger partial charge in [-0.15, -0.1) is 0 Å². The van der Waals surface area contributed by atoms with Crippen LogP contribution < -0.4 is 11.2 Å². The van der Waals surface area contributed by atoms with Gasteiger partial charge in [0, 0.05) is 39.3 Å². The molecule has 4 aromatic rings. The first-order valence-electron chi connectivity index (χ1n) is 12.9. The molecule has 1 unspecified atom stereocenters. The van der Waals surface area contributed by atoms with Gasteiger partial charge in [0.25, 0.3) is 5.56 Å². The first-order chi connectivity index (χ1) is 17.9. The summed E-state index contributed by atoms with van der Waals surface area (Å²) in [5, 5.41) is 11.0. The van der Waals surface area contributed by atoms with E-state index in [1.807, 2.05) is 26.0 Å². The maximum Gasteiger partial charge on any atom is 0.330 e. The third-order valence-corrected chi connectivity index (χ3v) is 6.95. The SMILES string of the molecule is CC(C)Cn1c(=O)[nH]c(=O)c2[nH]c(C(O)CN3CCN(C(c4ccccc4)c4ccccc4)CC3)nc21. The van der Waals surface area contributed by atoms with E-state index in [1.165, 1.54) is 15.7 Å². The monoisotopic (exact) mass is 502 g/mol. The van der Waals surface area contributed by atoms with Gasteiger partial charge >= 0.3 is 5.69 Å². The number of β-amino-alcohol motifs (C(OH)–C–C–N with tert-alkyl or cyclic N) is 1. The quantitative estimate of drug-likeness (QED) is 0.342. The number of imidazole rings is 1. The van der Waals surface area contributed by atoms with Gasteiger partial charge in [-0.25, -0.2) is 9.78 Å². The van der Waals surface area contributed by atoms with Crippen molar-refractivity contribution in [3.8, 4) is 0 Å². The number of nitrogens with one attached hydrogen (secondary N) is 2. The molecule has 0 radical (unpaired) electrons. The van der Waals surface area contributed by atoms with E-state index in [1.54, 1.807) is 0 Å². The van der Waals surface area contributed by atoms with E-state index >= 15 is 0 Å². The molecule has 2 aromatic carbocycles. The lowest BCUT2D eigenvalue weighted by Crippen LogP contribution is -2.48. The van der Waals surface area contributed by atoms with Crippen LogP contribution in [0.3, 0.4) is 0 Å². The van der Waals surface area contributed by atoms with Gasteiger partial charge in [0.1, 0.15) is 17.4 Å². The molecule has 0 bridgehead atoms. The average Bonchev–Trinajstić information content (AvgIpc) is 3.35. The number of aliphatic hydroxyl groups is 1. The minimum absolute atomic E-state index is 0.175. The number of aromatic nitrogens is 4. The molecule has 2 aromatic heterocycles. The van der Waals surface area contributed by atoms with E-state index < -0.39 is 17.4 Å². The summed E-state index contributed by atoms with van der Waals surface area (Å²) < 4.78 is 1.46. The lowest BCUT2D eigenvalue weighted by Gasteiger charge is -2.40. The molecule has 1 aliphatic heterocycles. The summed E-state index contributed by atoms with van der Waals surface area (Å²) in [6, 6.07) is 21.3. The second kappa shape index (κ2) is 10.8. The summed E-state index contributed by atoms with van der Waals surface area (Å²) in [5.74, 6) is 0.501. The highest BCUT2D eigenvalue weighted by Crippen LogP contribution is 2.29. The second-order valence-electron chi connectivity index (χ2n) is 10.2. The van der Waals surface area contributed by atoms with Gasteiger partial charge in [0.2, 0.25) is 0 Å². The van der Waals surface area contributed by atoms with E-state index in [0.29, 0.717) is 18.9 Å². The molecule has 1 atom stereocenters. The van der Waals surface area contributed by atoms with Gasteiger partial charge in [0.05, 0.1) is 6.04 Å². The van der Waals surface area contributed by atoms with Gasteiger partial charge in [-0.2, -0.15) is 0 Å². The number of fused-ring (bicyclic) bond motifs is 1. The summed E-state index contributed by atoms with van der Waals surface area (Å²) in [5.41, 5.74) is 2.03. The Kier molecular flexibility index (Phi) is 7.36. The molecular formula is C28H34N6O3. The molecular weight excluding hydrogens is 468 g/mol. The van der Waals surface area contributed by atoms with E-state index in [-0.39, 0.29) is 23.1 Å². The molecule has 5 rings (SSSR count). The van der Waals surface area contributed by atoms with Crippen LogP contribution in [0.4, 0.5) is 0 Å². The Labute approximate surface area is 215 Å². The molecule has 194 valence electrons. The Morgan fingerprint density at radius 1 is 0.865 bits per heavy atom. The van der Waals surface area contributed by atoms with Gasteiger partial charge in [-0.05, 0) is 17.0 Å². The zero-order valence-electron chi connectivity index (χ0n) is 21.3. The third kappa shape index (κ3) is 5.44. The highest BCUT2D eigenvalue weighted by Gasteiger charge is 2.28. The van der Waals surface area contributed by atoms with Crippen LogP contribution in [0.2, 0.25) is 0 Å². The molecule has 1 saturated heterocycles. The van der Waals surface area contributed by atoms with Crippen LogP contribution in [0.5, 0.6) is 0 Å². The van der Waals surface area contributed by atoms with Crippen molar-refractivity contribution in [2.24, 2.45) is 5.92 Å². The number of benzene rings is 2. The first-order valence-corrected chi connectivity index (χ1v) is 12.9. The molecule has 3 heterocycles. The van der Waals surface area contributed by atoms with Crippen LogP contribution in [0, 0.1) is 5.92 Å². The van der Waals surface area contributed by atoms with Crippen molar-refractivity contribution in [1.82, 2.24) is 29.3 Å². The summed E-state index contributed by atoms with van der Waals surface area (Å²) in [6.45, 7) is 8.11. The number of aliphatic hydroxyl groups excluding tert-OH is 1. The maximum atomic E-state index is 12.4. The number of nitrogens with zero attached hydrogens (tertiary/aromatic N) is 4. The largest absolute Gasteiger partial charge is 0.384 e. The Balaban J connectivity index is 1.30. The van der Waals surface area contributed by atoms with E-state index in [4.69, 9.17) is 0 Å². The van der Waals surface area contributed by atoms with Crippen molar-refractivity contribution in [2.45, 2.75) is 32.5 Å². The van der Waals surface area contributed by atoms with Crippen molar-refractivity contribution in [3.05, 3.63) is 98.5 Å². The van der Waals surface area contributed by atoms with Crippen LogP contribution in [-0.2, 0) is 6.54 Å².